The Kier molecular flexibility index (Phi) is 29.5. The van der Waals surface area contributed by atoms with Gasteiger partial charge in [-0.25, -0.2) is 8.42 Å². The molecule has 0 spiro atoms. The fraction of sp³-hybridized carbons (Fsp3) is 0.604. The lowest BCUT2D eigenvalue weighted by Gasteiger charge is -2.31. The van der Waals surface area contributed by atoms with E-state index in [1.165, 1.54) is 17.9 Å². The van der Waals surface area contributed by atoms with E-state index in [4.69, 9.17) is 45.9 Å². The Bertz CT molecular complexity index is 2800. The van der Waals surface area contributed by atoms with Crippen molar-refractivity contribution in [1.29, 1.82) is 0 Å². The van der Waals surface area contributed by atoms with E-state index in [2.05, 4.69) is 51.6 Å². The number of anilines is 1. The van der Waals surface area contributed by atoms with Gasteiger partial charge in [0.2, 0.25) is 57.3 Å². The number of likely N-dealkylation sites (tertiary alicyclic amines) is 1. The lowest BCUT2D eigenvalue weighted by atomic mass is 10.0. The van der Waals surface area contributed by atoms with E-state index in [0.29, 0.717) is 30.0 Å². The third kappa shape index (κ3) is 23.8. The minimum atomic E-state index is -4.32. The van der Waals surface area contributed by atoms with Gasteiger partial charge in [0.1, 0.15) is 42.3 Å². The van der Waals surface area contributed by atoms with Gasteiger partial charge >= 0.3 is 0 Å². The zero-order valence-corrected chi connectivity index (χ0v) is 50.0. The minimum Gasteiger partial charge on any atom is -0.391 e. The van der Waals surface area contributed by atoms with Crippen molar-refractivity contribution in [2.45, 2.75) is 151 Å². The number of fused-ring (bicyclic) bond motifs is 1. The van der Waals surface area contributed by atoms with Crippen molar-refractivity contribution < 1.29 is 51.9 Å². The molecule has 85 heavy (non-hydrogen) atoms. The Balaban J connectivity index is 1.80. The normalized spacial score (nSPS) is 15.6. The third-order valence-corrected chi connectivity index (χ3v) is 15.1. The van der Waals surface area contributed by atoms with Crippen LogP contribution in [0.15, 0.2) is 56.3 Å². The number of aliphatic hydroxyl groups is 1. The van der Waals surface area contributed by atoms with E-state index >= 15 is 0 Å². The quantitative estimate of drug-likeness (QED) is 0.0172. The van der Waals surface area contributed by atoms with E-state index in [1.807, 2.05) is 45.0 Å². The lowest BCUT2D eigenvalue weighted by Crippen LogP contribution is -2.60. The Morgan fingerprint density at radius 1 is 0.647 bits per heavy atom. The number of nitrogens with one attached hydrogen (secondary N) is 7. The molecule has 474 valence electrons. The maximum atomic E-state index is 14.5. The van der Waals surface area contributed by atoms with E-state index in [0.717, 1.165) is 5.69 Å². The van der Waals surface area contributed by atoms with Crippen molar-refractivity contribution in [3.05, 3.63) is 36.4 Å². The number of hydrogen-bond acceptors (Lipinski definition) is 16. The molecule has 31 nitrogen and oxygen atoms in total. The van der Waals surface area contributed by atoms with Gasteiger partial charge < -0.3 is 92.7 Å². The van der Waals surface area contributed by atoms with Crippen LogP contribution in [-0.2, 0) is 48.4 Å². The number of guanidine groups is 3. The minimum absolute atomic E-state index is 0.0141. The molecule has 1 fully saturated rings. The molecule has 0 radical (unpaired) electrons. The molecule has 1 aliphatic heterocycles. The number of carbonyl (C=O) groups excluding carboxylic acids is 8. The highest BCUT2D eigenvalue weighted by molar-refractivity contribution is 7.89. The maximum absolute atomic E-state index is 14.5. The molecule has 8 atom stereocenters. The maximum Gasteiger partial charge on any atom is 0.245 e. The van der Waals surface area contributed by atoms with Crippen molar-refractivity contribution in [3.63, 3.8) is 0 Å². The summed E-state index contributed by atoms with van der Waals surface area (Å²) in [6.07, 6.45) is 0.299. The van der Waals surface area contributed by atoms with Crippen LogP contribution in [0.25, 0.3) is 10.8 Å². The number of benzene rings is 2. The summed E-state index contributed by atoms with van der Waals surface area (Å²) in [7, 11) is -0.640. The summed E-state index contributed by atoms with van der Waals surface area (Å²) in [6, 6.07) is 0.879. The number of rotatable bonds is 37. The largest absolute Gasteiger partial charge is 0.391 e. The van der Waals surface area contributed by atoms with Gasteiger partial charge in [0.25, 0.3) is 0 Å². The van der Waals surface area contributed by atoms with Crippen LogP contribution in [0, 0.1) is 5.92 Å². The summed E-state index contributed by atoms with van der Waals surface area (Å²) in [4.78, 5) is 125. The first-order valence-corrected chi connectivity index (χ1v) is 29.7. The van der Waals surface area contributed by atoms with E-state index in [1.54, 1.807) is 18.2 Å². The van der Waals surface area contributed by atoms with Crippen molar-refractivity contribution in [1.82, 2.24) is 41.5 Å². The third-order valence-electron chi connectivity index (χ3n) is 13.6. The van der Waals surface area contributed by atoms with Crippen LogP contribution < -0.4 is 87.4 Å². The number of hydrogen-bond donors (Lipinski definition) is 16. The van der Waals surface area contributed by atoms with Gasteiger partial charge in [-0.1, -0.05) is 38.1 Å². The van der Waals surface area contributed by atoms with Crippen molar-refractivity contribution in [3.8, 4) is 0 Å². The number of aliphatic imine (C=N–C) groups is 3. The number of carbonyl (C=O) groups is 8. The number of aliphatic hydroxyl groups excluding tert-OH is 1. The summed E-state index contributed by atoms with van der Waals surface area (Å²) < 4.78 is 31.1. The van der Waals surface area contributed by atoms with E-state index in [-0.39, 0.29) is 119 Å². The summed E-state index contributed by atoms with van der Waals surface area (Å²) in [5.74, 6) is -7.55. The number of nitrogens with zero attached hydrogens (tertiary/aromatic N) is 5. The summed E-state index contributed by atoms with van der Waals surface area (Å²) >= 11 is 0. The molecule has 2 aromatic rings. The van der Waals surface area contributed by atoms with Gasteiger partial charge in [0.15, 0.2) is 17.9 Å². The number of nitrogens with two attached hydrogens (primary N) is 8. The molecule has 1 heterocycles. The van der Waals surface area contributed by atoms with Gasteiger partial charge in [0, 0.05) is 56.7 Å². The SMILES string of the molecule is CC(C)C[C@H](NS(=O)(=O)c1cccc2c(N(C)C)cccc12)C(=O)N1CCC[C@H]1C(=O)N[C@@H](CCCCN)C(=O)N[C@H](C(=O)NCC(=O)N[C@@H](CCCN=C(N)N)C(=O)N[C@@H](CCCN=C(N)N)C(=O)N[C@@H](CCCN=C(N)N)C(N)=O)[C@@H](C)O. The van der Waals surface area contributed by atoms with Crippen LogP contribution in [-0.4, -0.2) is 185 Å². The standard InChI is InChI=1S/C53H90N20O11S/c1-30(2)28-38(71-85(83,84)41-22-9-14-32-33(41)15-8-20-39(32)72(4)5)50(82)73-27-13-21-40(73)48(80)69-36(16-6-7-23-54)47(79)70-43(31(3)74)49(81)65-29-42(75)66-35(18-11-25-63-52(58)59)45(77)68-37(19-12-26-64-53(60)61)46(78)67-34(44(55)76)17-10-24-62-51(56)57/h8-9,14-15,20,22,30-31,34-38,40,43,71,74H,6-7,10-13,16-19,21,23-29,54H2,1-5H3,(H2,55,76)(H,65,81)(H,66,75)(H,67,78)(H,68,77)(H,69,80)(H,70,79)(H4,56,57,62)(H4,58,59,63)(H4,60,61,64)/t31-,34+,35+,36+,37+,38+,40+,43+/m1/s1. The van der Waals surface area contributed by atoms with Gasteiger partial charge in [-0.2, -0.15) is 4.72 Å². The highest BCUT2D eigenvalue weighted by atomic mass is 32.2. The molecule has 0 aromatic heterocycles. The van der Waals surface area contributed by atoms with Gasteiger partial charge in [-0.3, -0.25) is 53.3 Å². The summed E-state index contributed by atoms with van der Waals surface area (Å²) in [5, 5.41) is 27.1. The molecular weight excluding hydrogens is 1120 g/mol. The molecule has 32 heteroatoms. The van der Waals surface area contributed by atoms with Crippen LogP contribution in [0.1, 0.15) is 97.8 Å². The number of unbranched alkanes of at least 4 members (excludes halogenated alkanes) is 1. The second kappa shape index (κ2) is 35.3. The fourth-order valence-electron chi connectivity index (χ4n) is 9.40. The highest BCUT2D eigenvalue weighted by Gasteiger charge is 2.41. The molecule has 3 rings (SSSR count). The molecule has 0 unspecified atom stereocenters. The lowest BCUT2D eigenvalue weighted by molar-refractivity contribution is -0.141. The molecule has 1 saturated heterocycles. The van der Waals surface area contributed by atoms with Crippen molar-refractivity contribution in [2.75, 3.05) is 58.3 Å². The predicted molar refractivity (Wildman–Crippen MR) is 323 cm³/mol. The zero-order chi connectivity index (χ0) is 63.6. The van der Waals surface area contributed by atoms with Gasteiger partial charge in [-0.05, 0) is 109 Å². The Labute approximate surface area is 495 Å². The first-order chi connectivity index (χ1) is 40.1. The average Bonchev–Trinajstić information content (AvgIpc) is 4.11. The van der Waals surface area contributed by atoms with Crippen LogP contribution in [0.3, 0.4) is 0 Å². The molecule has 24 N–H and O–H groups in total. The first-order valence-electron chi connectivity index (χ1n) is 28.2. The van der Waals surface area contributed by atoms with Crippen LogP contribution >= 0.6 is 0 Å². The average molecular weight is 1220 g/mol. The monoisotopic (exact) mass is 1210 g/mol. The molecule has 0 bridgehead atoms. The van der Waals surface area contributed by atoms with Gasteiger partial charge in [-0.15, -0.1) is 0 Å². The molecule has 8 amide bonds. The topological polar surface area (TPSA) is 527 Å². The first kappa shape index (κ1) is 71.2. The van der Waals surface area contributed by atoms with E-state index < -0.39 is 112 Å². The second-order valence-corrected chi connectivity index (χ2v) is 23.0. The Morgan fingerprint density at radius 3 is 1.68 bits per heavy atom. The van der Waals surface area contributed by atoms with Crippen molar-refractivity contribution in [2.24, 2.45) is 66.8 Å². The zero-order valence-electron chi connectivity index (χ0n) is 49.2. The Hall–Kier alpha value is -8.10. The second-order valence-electron chi connectivity index (χ2n) is 21.3. The smallest absolute Gasteiger partial charge is 0.245 e. The summed E-state index contributed by atoms with van der Waals surface area (Å²) in [5.41, 5.74) is 44.8. The number of primary amides is 1. The summed E-state index contributed by atoms with van der Waals surface area (Å²) in [6.45, 7) is 4.64. The van der Waals surface area contributed by atoms with Gasteiger partial charge in [0.05, 0.1) is 17.5 Å². The molecule has 2 aromatic carbocycles. The van der Waals surface area contributed by atoms with Crippen molar-refractivity contribution >= 4 is 91.6 Å². The highest BCUT2D eigenvalue weighted by Crippen LogP contribution is 2.31. The Morgan fingerprint density at radius 2 is 1.15 bits per heavy atom. The molecule has 0 aliphatic carbocycles. The molecule has 1 aliphatic rings. The number of sulfonamides is 1. The number of amides is 8. The fourth-order valence-corrected chi connectivity index (χ4v) is 10.8. The van der Waals surface area contributed by atoms with E-state index in [9.17, 15) is 51.9 Å². The van der Waals surface area contributed by atoms with Crippen LogP contribution in [0.2, 0.25) is 0 Å². The van der Waals surface area contributed by atoms with Crippen LogP contribution in [0.5, 0.6) is 0 Å². The molecule has 0 saturated carbocycles. The predicted octanol–water partition coefficient (Wildman–Crippen LogP) is -4.71. The van der Waals surface area contributed by atoms with Crippen LogP contribution in [0.4, 0.5) is 5.69 Å². The molecular formula is C53H90N20O11S.